The lowest BCUT2D eigenvalue weighted by Crippen LogP contribution is -2.27. The first-order chi connectivity index (χ1) is 11.7. The molecule has 0 bridgehead atoms. The molecule has 0 atom stereocenters. The molecule has 0 aliphatic carbocycles. The number of hydrogen-bond donors (Lipinski definition) is 0. The lowest BCUT2D eigenvalue weighted by Gasteiger charge is -2.16. The van der Waals surface area contributed by atoms with Crippen LogP contribution in [-0.4, -0.2) is 42.4 Å². The number of rotatable bonds is 3. The molecule has 4 aromatic rings. The van der Waals surface area contributed by atoms with E-state index in [-0.39, 0.29) is 11.7 Å². The van der Waals surface area contributed by atoms with E-state index >= 15 is 0 Å². The van der Waals surface area contributed by atoms with Gasteiger partial charge < -0.3 is 4.90 Å². The number of amides is 1. The standard InChI is InChI=1S/C17H14N6O/c1-22(11-13-6-2-5-12-7-3-8-18-14(12)13)16(24)15-20-17-19-9-4-10-23(17)21-15/h2-10H,11H2,1H3. The van der Waals surface area contributed by atoms with Gasteiger partial charge in [0.1, 0.15) is 0 Å². The van der Waals surface area contributed by atoms with Crippen LogP contribution >= 0.6 is 0 Å². The molecule has 4 rings (SSSR count). The number of para-hydroxylation sites is 1. The first-order valence-electron chi connectivity index (χ1n) is 7.48. The van der Waals surface area contributed by atoms with Crippen LogP contribution in [0.1, 0.15) is 16.2 Å². The maximum atomic E-state index is 12.6. The van der Waals surface area contributed by atoms with Gasteiger partial charge in [-0.15, -0.1) is 5.10 Å². The van der Waals surface area contributed by atoms with Gasteiger partial charge in [0, 0.05) is 37.6 Å². The monoisotopic (exact) mass is 318 g/mol. The van der Waals surface area contributed by atoms with Gasteiger partial charge in [0.25, 0.3) is 11.7 Å². The van der Waals surface area contributed by atoms with Gasteiger partial charge in [-0.05, 0) is 17.7 Å². The van der Waals surface area contributed by atoms with E-state index in [1.807, 2.05) is 30.3 Å². The van der Waals surface area contributed by atoms with E-state index in [2.05, 4.69) is 20.1 Å². The van der Waals surface area contributed by atoms with E-state index in [4.69, 9.17) is 0 Å². The van der Waals surface area contributed by atoms with Crippen molar-refractivity contribution < 1.29 is 4.79 Å². The zero-order valence-electron chi connectivity index (χ0n) is 13.0. The van der Waals surface area contributed by atoms with Gasteiger partial charge in [-0.1, -0.05) is 24.3 Å². The Hall–Kier alpha value is -3.35. The summed E-state index contributed by atoms with van der Waals surface area (Å²) in [7, 11) is 1.73. The van der Waals surface area contributed by atoms with E-state index in [0.717, 1.165) is 16.5 Å². The van der Waals surface area contributed by atoms with E-state index in [0.29, 0.717) is 12.3 Å². The van der Waals surface area contributed by atoms with Gasteiger partial charge in [-0.2, -0.15) is 4.98 Å². The largest absolute Gasteiger partial charge is 0.335 e. The Balaban J connectivity index is 1.63. The number of carbonyl (C=O) groups is 1. The number of pyridine rings is 1. The minimum absolute atomic E-state index is 0.129. The van der Waals surface area contributed by atoms with Crippen molar-refractivity contribution in [2.24, 2.45) is 0 Å². The van der Waals surface area contributed by atoms with Gasteiger partial charge in [0.05, 0.1) is 5.52 Å². The molecule has 0 unspecified atom stereocenters. The molecule has 0 spiro atoms. The lowest BCUT2D eigenvalue weighted by atomic mass is 10.1. The van der Waals surface area contributed by atoms with Crippen LogP contribution in [0, 0.1) is 0 Å². The summed E-state index contributed by atoms with van der Waals surface area (Å²) in [6, 6.07) is 11.6. The van der Waals surface area contributed by atoms with Crippen LogP contribution in [0.2, 0.25) is 0 Å². The highest BCUT2D eigenvalue weighted by Crippen LogP contribution is 2.17. The molecular formula is C17H14N6O. The van der Waals surface area contributed by atoms with E-state index in [9.17, 15) is 4.79 Å². The third-order valence-corrected chi connectivity index (χ3v) is 3.78. The van der Waals surface area contributed by atoms with Crippen LogP contribution in [0.15, 0.2) is 55.0 Å². The highest BCUT2D eigenvalue weighted by Gasteiger charge is 2.18. The van der Waals surface area contributed by atoms with Gasteiger partial charge in [0.15, 0.2) is 0 Å². The third-order valence-electron chi connectivity index (χ3n) is 3.78. The molecule has 1 amide bonds. The number of hydrogen-bond acceptors (Lipinski definition) is 5. The van der Waals surface area contributed by atoms with Crippen molar-refractivity contribution in [3.63, 3.8) is 0 Å². The van der Waals surface area contributed by atoms with Crippen molar-refractivity contribution in [1.82, 2.24) is 29.5 Å². The molecule has 0 aliphatic heterocycles. The van der Waals surface area contributed by atoms with Crippen molar-refractivity contribution in [3.8, 4) is 0 Å². The van der Waals surface area contributed by atoms with Crippen molar-refractivity contribution in [2.45, 2.75) is 6.54 Å². The number of nitrogens with zero attached hydrogens (tertiary/aromatic N) is 6. The molecule has 7 nitrogen and oxygen atoms in total. The summed E-state index contributed by atoms with van der Waals surface area (Å²) in [6.07, 6.45) is 5.08. The zero-order valence-corrected chi connectivity index (χ0v) is 13.0. The second-order valence-corrected chi connectivity index (χ2v) is 5.45. The van der Waals surface area contributed by atoms with Crippen LogP contribution in [0.5, 0.6) is 0 Å². The smallest absolute Gasteiger partial charge is 0.293 e. The molecule has 1 aromatic carbocycles. The molecule has 7 heteroatoms. The van der Waals surface area contributed by atoms with Gasteiger partial charge >= 0.3 is 0 Å². The maximum Gasteiger partial charge on any atom is 0.293 e. The highest BCUT2D eigenvalue weighted by atomic mass is 16.2. The molecule has 0 aliphatic rings. The van der Waals surface area contributed by atoms with Crippen LogP contribution < -0.4 is 0 Å². The lowest BCUT2D eigenvalue weighted by molar-refractivity contribution is 0.0774. The SMILES string of the molecule is CN(Cc1cccc2cccnc12)C(=O)c1nc2ncccn2n1. The van der Waals surface area contributed by atoms with Gasteiger partial charge in [-0.3, -0.25) is 9.78 Å². The maximum absolute atomic E-state index is 12.6. The Labute approximate surface area is 137 Å². The number of carbonyl (C=O) groups excluding carboxylic acids is 1. The molecule has 0 fully saturated rings. The summed E-state index contributed by atoms with van der Waals surface area (Å²) in [5.74, 6) is 0.277. The number of fused-ring (bicyclic) bond motifs is 2. The molecule has 0 saturated heterocycles. The quantitative estimate of drug-likeness (QED) is 0.577. The van der Waals surface area contributed by atoms with Crippen LogP contribution in [0.3, 0.4) is 0 Å². The fraction of sp³-hybridized carbons (Fsp3) is 0.118. The van der Waals surface area contributed by atoms with Crippen LogP contribution in [0.4, 0.5) is 0 Å². The predicted octanol–water partition coefficient (Wildman–Crippen LogP) is 1.94. The van der Waals surface area contributed by atoms with Crippen molar-refractivity contribution in [2.75, 3.05) is 7.05 Å². The molecule has 3 aromatic heterocycles. The minimum atomic E-state index is -0.256. The minimum Gasteiger partial charge on any atom is -0.335 e. The molecule has 118 valence electrons. The second kappa shape index (κ2) is 5.69. The van der Waals surface area contributed by atoms with E-state index in [1.54, 1.807) is 36.6 Å². The Morgan fingerprint density at radius 3 is 2.83 bits per heavy atom. The molecule has 0 saturated carbocycles. The van der Waals surface area contributed by atoms with Crippen LogP contribution in [0.25, 0.3) is 16.7 Å². The fourth-order valence-electron chi connectivity index (χ4n) is 2.62. The third kappa shape index (κ3) is 2.45. The van der Waals surface area contributed by atoms with Gasteiger partial charge in [0.2, 0.25) is 5.82 Å². The Morgan fingerprint density at radius 2 is 1.96 bits per heavy atom. The van der Waals surface area contributed by atoms with E-state index in [1.165, 1.54) is 4.52 Å². The molecule has 24 heavy (non-hydrogen) atoms. The normalized spacial score (nSPS) is 11.0. The fourth-order valence-corrected chi connectivity index (χ4v) is 2.62. The molecule has 0 radical (unpaired) electrons. The van der Waals surface area contributed by atoms with Crippen LogP contribution in [-0.2, 0) is 6.54 Å². The topological polar surface area (TPSA) is 76.3 Å². The summed E-state index contributed by atoms with van der Waals surface area (Å²) in [4.78, 5) is 26.8. The number of aromatic nitrogens is 5. The Kier molecular flexibility index (Phi) is 3.38. The zero-order chi connectivity index (χ0) is 16.5. The number of benzene rings is 1. The molecular weight excluding hydrogens is 304 g/mol. The van der Waals surface area contributed by atoms with Crippen molar-refractivity contribution >= 4 is 22.6 Å². The summed E-state index contributed by atoms with van der Waals surface area (Å²) in [6.45, 7) is 0.427. The van der Waals surface area contributed by atoms with Crippen molar-refractivity contribution in [3.05, 3.63) is 66.4 Å². The predicted molar refractivity (Wildman–Crippen MR) is 88.3 cm³/mol. The highest BCUT2D eigenvalue weighted by molar-refractivity contribution is 5.91. The first-order valence-corrected chi connectivity index (χ1v) is 7.48. The average molecular weight is 318 g/mol. The molecule has 3 heterocycles. The summed E-state index contributed by atoms with van der Waals surface area (Å²) < 4.78 is 1.49. The molecule has 0 N–H and O–H groups in total. The average Bonchev–Trinajstić information content (AvgIpc) is 3.05. The summed E-state index contributed by atoms with van der Waals surface area (Å²) in [5.41, 5.74) is 1.87. The summed E-state index contributed by atoms with van der Waals surface area (Å²) in [5, 5.41) is 5.22. The summed E-state index contributed by atoms with van der Waals surface area (Å²) >= 11 is 0. The second-order valence-electron chi connectivity index (χ2n) is 5.45. The first kappa shape index (κ1) is 14.3. The van der Waals surface area contributed by atoms with E-state index < -0.39 is 0 Å². The van der Waals surface area contributed by atoms with Crippen molar-refractivity contribution in [1.29, 1.82) is 0 Å². The van der Waals surface area contributed by atoms with Gasteiger partial charge in [-0.25, -0.2) is 9.50 Å². The Bertz CT molecular complexity index is 1000. The Morgan fingerprint density at radius 1 is 1.12 bits per heavy atom.